The molecule has 1 heterocycles. The highest BCUT2D eigenvalue weighted by Gasteiger charge is 2.21. The highest BCUT2D eigenvalue weighted by molar-refractivity contribution is 6.31. The SMILES string of the molecule is CCN1CCC(CNc2cc(Cl)ccc2C(=O)O)C1. The molecular weight excluding hydrogens is 264 g/mol. The van der Waals surface area contributed by atoms with Gasteiger partial charge in [0.1, 0.15) is 0 Å². The van der Waals surface area contributed by atoms with Gasteiger partial charge in [0.05, 0.1) is 11.3 Å². The summed E-state index contributed by atoms with van der Waals surface area (Å²) in [6, 6.07) is 4.82. The maximum atomic E-state index is 11.1. The molecule has 5 heteroatoms. The van der Waals surface area contributed by atoms with E-state index in [0.717, 1.165) is 32.6 Å². The lowest BCUT2D eigenvalue weighted by atomic mass is 10.1. The number of carboxylic acids is 1. The third-order valence-electron chi connectivity index (χ3n) is 3.61. The van der Waals surface area contributed by atoms with Crippen LogP contribution in [0, 0.1) is 5.92 Å². The van der Waals surface area contributed by atoms with Crippen molar-refractivity contribution in [1.29, 1.82) is 0 Å². The summed E-state index contributed by atoms with van der Waals surface area (Å²) < 4.78 is 0. The predicted molar refractivity (Wildman–Crippen MR) is 77.1 cm³/mol. The van der Waals surface area contributed by atoms with Crippen molar-refractivity contribution < 1.29 is 9.90 Å². The molecule has 1 unspecified atom stereocenters. The van der Waals surface area contributed by atoms with E-state index in [4.69, 9.17) is 16.7 Å². The van der Waals surface area contributed by atoms with E-state index >= 15 is 0 Å². The molecule has 1 saturated heterocycles. The van der Waals surface area contributed by atoms with Gasteiger partial charge in [0, 0.05) is 18.1 Å². The smallest absolute Gasteiger partial charge is 0.337 e. The van der Waals surface area contributed by atoms with Gasteiger partial charge in [0.2, 0.25) is 0 Å². The number of carbonyl (C=O) groups is 1. The number of anilines is 1. The summed E-state index contributed by atoms with van der Waals surface area (Å²) in [4.78, 5) is 13.5. The largest absolute Gasteiger partial charge is 0.478 e. The number of benzene rings is 1. The van der Waals surface area contributed by atoms with E-state index in [2.05, 4.69) is 17.1 Å². The second kappa shape index (κ2) is 6.26. The van der Waals surface area contributed by atoms with Gasteiger partial charge in [-0.3, -0.25) is 0 Å². The third kappa shape index (κ3) is 3.61. The van der Waals surface area contributed by atoms with Gasteiger partial charge in [-0.25, -0.2) is 4.79 Å². The van der Waals surface area contributed by atoms with Gasteiger partial charge < -0.3 is 15.3 Å². The number of nitrogens with zero attached hydrogens (tertiary/aromatic N) is 1. The summed E-state index contributed by atoms with van der Waals surface area (Å²) in [5.74, 6) is -0.360. The normalized spacial score (nSPS) is 19.6. The van der Waals surface area contributed by atoms with Crippen LogP contribution in [-0.2, 0) is 0 Å². The van der Waals surface area contributed by atoms with Gasteiger partial charge in [-0.2, -0.15) is 0 Å². The molecule has 0 aromatic heterocycles. The first-order valence-electron chi connectivity index (χ1n) is 6.59. The van der Waals surface area contributed by atoms with Crippen molar-refractivity contribution in [2.75, 3.05) is 31.5 Å². The van der Waals surface area contributed by atoms with Crippen molar-refractivity contribution in [3.05, 3.63) is 28.8 Å². The fourth-order valence-electron chi connectivity index (χ4n) is 2.47. The maximum absolute atomic E-state index is 11.1. The van der Waals surface area contributed by atoms with Crippen molar-refractivity contribution in [2.24, 2.45) is 5.92 Å². The molecule has 0 aliphatic carbocycles. The lowest BCUT2D eigenvalue weighted by Gasteiger charge is -2.15. The number of hydrogen-bond acceptors (Lipinski definition) is 3. The van der Waals surface area contributed by atoms with E-state index < -0.39 is 5.97 Å². The summed E-state index contributed by atoms with van der Waals surface area (Å²) >= 11 is 5.92. The Labute approximate surface area is 118 Å². The van der Waals surface area contributed by atoms with Crippen LogP contribution in [0.4, 0.5) is 5.69 Å². The topological polar surface area (TPSA) is 52.6 Å². The zero-order chi connectivity index (χ0) is 13.8. The highest BCUT2D eigenvalue weighted by Crippen LogP contribution is 2.23. The highest BCUT2D eigenvalue weighted by atomic mass is 35.5. The lowest BCUT2D eigenvalue weighted by molar-refractivity contribution is 0.0698. The minimum absolute atomic E-state index is 0.273. The van der Waals surface area contributed by atoms with E-state index in [9.17, 15) is 4.79 Å². The Morgan fingerprint density at radius 3 is 3.00 bits per heavy atom. The summed E-state index contributed by atoms with van der Waals surface area (Å²) in [6.45, 7) is 6.23. The first-order chi connectivity index (χ1) is 9.10. The molecular formula is C14H19ClN2O2. The van der Waals surface area contributed by atoms with Gasteiger partial charge in [-0.05, 0) is 43.6 Å². The lowest BCUT2D eigenvalue weighted by Crippen LogP contribution is -2.22. The molecule has 1 fully saturated rings. The molecule has 0 saturated carbocycles. The number of likely N-dealkylation sites (tertiary alicyclic amines) is 1. The van der Waals surface area contributed by atoms with Crippen LogP contribution in [0.5, 0.6) is 0 Å². The molecule has 2 N–H and O–H groups in total. The predicted octanol–water partition coefficient (Wildman–Crippen LogP) is 2.79. The van der Waals surface area contributed by atoms with Crippen LogP contribution >= 0.6 is 11.6 Å². The fourth-order valence-corrected chi connectivity index (χ4v) is 2.64. The number of nitrogens with one attached hydrogen (secondary N) is 1. The van der Waals surface area contributed by atoms with Gasteiger partial charge in [-0.1, -0.05) is 18.5 Å². The monoisotopic (exact) mass is 282 g/mol. The molecule has 1 atom stereocenters. The van der Waals surface area contributed by atoms with E-state index in [-0.39, 0.29) is 5.56 Å². The molecule has 0 amide bonds. The molecule has 2 rings (SSSR count). The minimum Gasteiger partial charge on any atom is -0.478 e. The molecule has 1 aromatic rings. The van der Waals surface area contributed by atoms with E-state index in [1.807, 2.05) is 0 Å². The average Bonchev–Trinajstić information content (AvgIpc) is 2.84. The van der Waals surface area contributed by atoms with Crippen molar-refractivity contribution in [2.45, 2.75) is 13.3 Å². The zero-order valence-electron chi connectivity index (χ0n) is 11.0. The number of aromatic carboxylic acids is 1. The number of carboxylic acid groups (broad SMARTS) is 1. The molecule has 104 valence electrons. The van der Waals surface area contributed by atoms with Gasteiger partial charge in [0.15, 0.2) is 0 Å². The molecule has 0 bridgehead atoms. The Bertz CT molecular complexity index is 465. The summed E-state index contributed by atoms with van der Waals surface area (Å²) in [5, 5.41) is 12.9. The fraction of sp³-hybridized carbons (Fsp3) is 0.500. The second-order valence-corrected chi connectivity index (χ2v) is 5.36. The minimum atomic E-state index is -0.930. The molecule has 1 aromatic carbocycles. The number of rotatable bonds is 5. The number of hydrogen-bond donors (Lipinski definition) is 2. The summed E-state index contributed by atoms with van der Waals surface area (Å²) in [5.41, 5.74) is 0.879. The van der Waals surface area contributed by atoms with Crippen molar-refractivity contribution in [1.82, 2.24) is 4.90 Å². The van der Waals surface area contributed by atoms with E-state index in [1.165, 1.54) is 0 Å². The van der Waals surface area contributed by atoms with Crippen LogP contribution in [-0.4, -0.2) is 42.2 Å². The van der Waals surface area contributed by atoms with Gasteiger partial charge in [0.25, 0.3) is 0 Å². The van der Waals surface area contributed by atoms with Crippen LogP contribution in [0.25, 0.3) is 0 Å². The first-order valence-corrected chi connectivity index (χ1v) is 6.97. The second-order valence-electron chi connectivity index (χ2n) is 4.92. The van der Waals surface area contributed by atoms with Crippen molar-refractivity contribution >= 4 is 23.3 Å². The zero-order valence-corrected chi connectivity index (χ0v) is 11.8. The van der Waals surface area contributed by atoms with Gasteiger partial charge in [-0.15, -0.1) is 0 Å². The number of halogens is 1. The van der Waals surface area contributed by atoms with E-state index in [1.54, 1.807) is 18.2 Å². The maximum Gasteiger partial charge on any atom is 0.337 e. The van der Waals surface area contributed by atoms with Gasteiger partial charge >= 0.3 is 5.97 Å². The van der Waals surface area contributed by atoms with Crippen LogP contribution in [0.2, 0.25) is 5.02 Å². The van der Waals surface area contributed by atoms with Crippen LogP contribution in [0.15, 0.2) is 18.2 Å². The molecule has 1 aliphatic heterocycles. The average molecular weight is 283 g/mol. The Balaban J connectivity index is 1.99. The quantitative estimate of drug-likeness (QED) is 0.872. The van der Waals surface area contributed by atoms with Crippen molar-refractivity contribution in [3.8, 4) is 0 Å². The Morgan fingerprint density at radius 2 is 2.37 bits per heavy atom. The molecule has 1 aliphatic rings. The molecule has 0 radical (unpaired) electrons. The first kappa shape index (κ1) is 14.2. The standard InChI is InChI=1S/C14H19ClN2O2/c1-2-17-6-5-10(9-17)8-16-13-7-11(15)3-4-12(13)14(18)19/h3-4,7,10,16H,2,5-6,8-9H2,1H3,(H,18,19). The summed E-state index contributed by atoms with van der Waals surface area (Å²) in [6.07, 6.45) is 1.16. The Morgan fingerprint density at radius 1 is 1.58 bits per heavy atom. The summed E-state index contributed by atoms with van der Waals surface area (Å²) in [7, 11) is 0. The molecule has 4 nitrogen and oxygen atoms in total. The van der Waals surface area contributed by atoms with Crippen molar-refractivity contribution in [3.63, 3.8) is 0 Å². The third-order valence-corrected chi connectivity index (χ3v) is 3.85. The molecule has 19 heavy (non-hydrogen) atoms. The van der Waals surface area contributed by atoms with E-state index in [0.29, 0.717) is 16.6 Å². The Kier molecular flexibility index (Phi) is 4.66. The van der Waals surface area contributed by atoms with Crippen LogP contribution in [0.3, 0.4) is 0 Å². The van der Waals surface area contributed by atoms with Crippen LogP contribution in [0.1, 0.15) is 23.7 Å². The Hall–Kier alpha value is -1.26. The van der Waals surface area contributed by atoms with Crippen LogP contribution < -0.4 is 5.32 Å². The molecule has 0 spiro atoms.